The van der Waals surface area contributed by atoms with Crippen molar-refractivity contribution in [2.45, 2.75) is 19.2 Å². The van der Waals surface area contributed by atoms with E-state index in [2.05, 4.69) is 15.4 Å². The summed E-state index contributed by atoms with van der Waals surface area (Å²) >= 11 is 0. The second kappa shape index (κ2) is 6.37. The summed E-state index contributed by atoms with van der Waals surface area (Å²) in [6, 6.07) is 8.68. The third-order valence-electron chi connectivity index (χ3n) is 4.35. The number of morpholine rings is 1. The first-order valence-electron chi connectivity index (χ1n) is 8.29. The largest absolute Gasteiger partial charge is 0.416 e. The van der Waals surface area contributed by atoms with Crippen LogP contribution in [0.4, 0.5) is 13.2 Å². The number of ether oxygens (including phenoxy) is 1. The maximum atomic E-state index is 12.7. The first kappa shape index (κ1) is 17.0. The lowest BCUT2D eigenvalue weighted by Crippen LogP contribution is -2.34. The van der Waals surface area contributed by atoms with Crippen molar-refractivity contribution in [3.63, 3.8) is 0 Å². The smallest absolute Gasteiger partial charge is 0.369 e. The topological polar surface area (TPSA) is 51.5 Å². The van der Waals surface area contributed by atoms with Crippen molar-refractivity contribution in [3.8, 4) is 11.3 Å². The van der Waals surface area contributed by atoms with Gasteiger partial charge in [-0.1, -0.05) is 12.1 Å². The molecule has 3 heterocycles. The van der Waals surface area contributed by atoms with E-state index in [1.54, 1.807) is 10.6 Å². The molecule has 0 saturated carbocycles. The van der Waals surface area contributed by atoms with Crippen molar-refractivity contribution < 1.29 is 17.9 Å². The van der Waals surface area contributed by atoms with Crippen LogP contribution >= 0.6 is 0 Å². The number of halogens is 3. The van der Waals surface area contributed by atoms with Crippen LogP contribution in [0, 0.1) is 6.92 Å². The zero-order valence-corrected chi connectivity index (χ0v) is 14.0. The summed E-state index contributed by atoms with van der Waals surface area (Å²) in [6.45, 7) is 3.98. The second-order valence-corrected chi connectivity index (χ2v) is 6.26. The van der Waals surface area contributed by atoms with Gasteiger partial charge in [0.2, 0.25) is 0 Å². The quantitative estimate of drug-likeness (QED) is 0.759. The predicted octanol–water partition coefficient (Wildman–Crippen LogP) is 3.38. The van der Waals surface area contributed by atoms with Crippen LogP contribution < -0.4 is 5.32 Å². The van der Waals surface area contributed by atoms with Gasteiger partial charge < -0.3 is 10.1 Å². The van der Waals surface area contributed by atoms with Crippen molar-refractivity contribution in [1.29, 1.82) is 0 Å². The van der Waals surface area contributed by atoms with Gasteiger partial charge in [0.25, 0.3) is 0 Å². The molecule has 1 atom stereocenters. The lowest BCUT2D eigenvalue weighted by atomic mass is 10.1. The molecule has 1 saturated heterocycles. The Labute approximate surface area is 147 Å². The molecule has 0 unspecified atom stereocenters. The first-order chi connectivity index (χ1) is 12.4. The molecule has 4 rings (SSSR count). The summed E-state index contributed by atoms with van der Waals surface area (Å²) in [5.74, 6) is 0. The number of aryl methyl sites for hydroxylation is 1. The third-order valence-corrected chi connectivity index (χ3v) is 4.35. The van der Waals surface area contributed by atoms with E-state index in [9.17, 15) is 13.2 Å². The Hall–Kier alpha value is -2.45. The number of fused-ring (bicyclic) bond motifs is 1. The Bertz CT molecular complexity index is 928. The Morgan fingerprint density at radius 2 is 1.96 bits per heavy atom. The number of hydrogen-bond donors (Lipinski definition) is 1. The van der Waals surface area contributed by atoms with Crippen LogP contribution in [-0.2, 0) is 10.9 Å². The Balaban J connectivity index is 1.75. The van der Waals surface area contributed by atoms with Crippen molar-refractivity contribution in [2.24, 2.45) is 0 Å². The summed E-state index contributed by atoms with van der Waals surface area (Å²) in [5, 5.41) is 7.84. The van der Waals surface area contributed by atoms with Gasteiger partial charge in [-0.2, -0.15) is 18.3 Å². The normalized spacial score (nSPS) is 18.4. The molecular weight excluding hydrogens is 345 g/mol. The highest BCUT2D eigenvalue weighted by Gasteiger charge is 2.30. The molecule has 0 aliphatic carbocycles. The van der Waals surface area contributed by atoms with Crippen LogP contribution in [0.25, 0.3) is 16.9 Å². The highest BCUT2D eigenvalue weighted by Crippen LogP contribution is 2.31. The summed E-state index contributed by atoms with van der Waals surface area (Å²) in [4.78, 5) is 4.48. The number of hydrogen-bond acceptors (Lipinski definition) is 4. The molecule has 136 valence electrons. The van der Waals surface area contributed by atoms with Gasteiger partial charge in [-0.15, -0.1) is 0 Å². The first-order valence-corrected chi connectivity index (χ1v) is 8.29. The minimum atomic E-state index is -4.35. The van der Waals surface area contributed by atoms with Crippen molar-refractivity contribution in [3.05, 3.63) is 53.3 Å². The number of alkyl halides is 3. The average Bonchev–Trinajstić information content (AvgIpc) is 3.05. The van der Waals surface area contributed by atoms with E-state index in [-0.39, 0.29) is 6.10 Å². The molecule has 8 heteroatoms. The van der Waals surface area contributed by atoms with Crippen molar-refractivity contribution >= 4 is 5.65 Å². The molecule has 1 aliphatic rings. The van der Waals surface area contributed by atoms with Crippen LogP contribution in [0.15, 0.2) is 36.4 Å². The highest BCUT2D eigenvalue weighted by molar-refractivity contribution is 5.64. The number of aromatic nitrogens is 3. The van der Waals surface area contributed by atoms with E-state index in [0.29, 0.717) is 30.1 Å². The zero-order valence-electron chi connectivity index (χ0n) is 14.0. The Morgan fingerprint density at radius 1 is 1.19 bits per heavy atom. The molecule has 1 N–H and O–H groups in total. The van der Waals surface area contributed by atoms with Crippen LogP contribution in [0.3, 0.4) is 0 Å². The maximum absolute atomic E-state index is 12.7. The van der Waals surface area contributed by atoms with Gasteiger partial charge in [-0.25, -0.2) is 9.50 Å². The number of benzene rings is 1. The monoisotopic (exact) mass is 362 g/mol. The lowest BCUT2D eigenvalue weighted by molar-refractivity contribution is -0.137. The molecule has 0 spiro atoms. The summed E-state index contributed by atoms with van der Waals surface area (Å²) in [5.41, 5.74) is 2.85. The van der Waals surface area contributed by atoms with E-state index < -0.39 is 11.7 Å². The van der Waals surface area contributed by atoms with Crippen LogP contribution in [0.1, 0.15) is 23.1 Å². The van der Waals surface area contributed by atoms with E-state index in [4.69, 9.17) is 4.74 Å². The molecule has 26 heavy (non-hydrogen) atoms. The highest BCUT2D eigenvalue weighted by atomic mass is 19.4. The van der Waals surface area contributed by atoms with E-state index >= 15 is 0 Å². The molecule has 3 aromatic rings. The Morgan fingerprint density at radius 3 is 2.62 bits per heavy atom. The number of rotatable bonds is 2. The lowest BCUT2D eigenvalue weighted by Gasteiger charge is -2.24. The van der Waals surface area contributed by atoms with Gasteiger partial charge >= 0.3 is 6.18 Å². The molecule has 2 aromatic heterocycles. The predicted molar refractivity (Wildman–Crippen MR) is 89.7 cm³/mol. The van der Waals surface area contributed by atoms with Gasteiger partial charge in [0, 0.05) is 30.4 Å². The molecule has 0 amide bonds. The average molecular weight is 362 g/mol. The molecule has 5 nitrogen and oxygen atoms in total. The molecule has 0 radical (unpaired) electrons. The molecule has 0 bridgehead atoms. The molecule has 1 aromatic carbocycles. The van der Waals surface area contributed by atoms with Gasteiger partial charge in [-0.05, 0) is 25.1 Å². The van der Waals surface area contributed by atoms with Crippen LogP contribution in [-0.4, -0.2) is 34.3 Å². The zero-order chi connectivity index (χ0) is 18.3. The van der Waals surface area contributed by atoms with Crippen LogP contribution in [0.2, 0.25) is 0 Å². The molecule has 1 fully saturated rings. The van der Waals surface area contributed by atoms with E-state index in [0.717, 1.165) is 30.1 Å². The minimum Gasteiger partial charge on any atom is -0.369 e. The van der Waals surface area contributed by atoms with Gasteiger partial charge in [0.05, 0.1) is 23.6 Å². The van der Waals surface area contributed by atoms with Crippen molar-refractivity contribution in [1.82, 2.24) is 19.9 Å². The van der Waals surface area contributed by atoms with Gasteiger partial charge in [-0.3, -0.25) is 0 Å². The standard InChI is InChI=1S/C18H17F3N4O/c1-11-8-15(16-10-22-6-7-26-16)25-17(23-11)9-14(24-25)12-2-4-13(5-3-12)18(19,20)21/h2-5,8-9,16,22H,6-7,10H2,1H3/t16-/m0/s1. The minimum absolute atomic E-state index is 0.145. The fourth-order valence-electron chi connectivity index (χ4n) is 3.08. The maximum Gasteiger partial charge on any atom is 0.416 e. The van der Waals surface area contributed by atoms with E-state index in [1.807, 2.05) is 13.0 Å². The fourth-order valence-corrected chi connectivity index (χ4v) is 3.08. The Kier molecular flexibility index (Phi) is 4.16. The van der Waals surface area contributed by atoms with Gasteiger partial charge in [0.1, 0.15) is 6.10 Å². The molecular formula is C18H17F3N4O. The fraction of sp³-hybridized carbons (Fsp3) is 0.333. The third kappa shape index (κ3) is 3.17. The summed E-state index contributed by atoms with van der Waals surface area (Å²) in [6.07, 6.45) is -4.50. The van der Waals surface area contributed by atoms with E-state index in [1.165, 1.54) is 12.1 Å². The molecule has 1 aliphatic heterocycles. The summed E-state index contributed by atoms with van der Waals surface area (Å²) in [7, 11) is 0. The van der Waals surface area contributed by atoms with Crippen LogP contribution in [0.5, 0.6) is 0 Å². The van der Waals surface area contributed by atoms with Crippen molar-refractivity contribution in [2.75, 3.05) is 19.7 Å². The summed E-state index contributed by atoms with van der Waals surface area (Å²) < 4.78 is 45.8. The second-order valence-electron chi connectivity index (χ2n) is 6.26. The SMILES string of the molecule is Cc1cc([C@@H]2CNCCO2)n2nc(-c3ccc(C(F)(F)F)cc3)cc2n1. The number of nitrogens with zero attached hydrogens (tertiary/aromatic N) is 3. The number of nitrogens with one attached hydrogen (secondary N) is 1. The van der Waals surface area contributed by atoms with Gasteiger partial charge in [0.15, 0.2) is 5.65 Å².